The zero-order valence-corrected chi connectivity index (χ0v) is 25.6. The van der Waals surface area contributed by atoms with E-state index in [1.165, 1.54) is 11.1 Å². The van der Waals surface area contributed by atoms with Gasteiger partial charge in [-0.05, 0) is 78.9 Å². The summed E-state index contributed by atoms with van der Waals surface area (Å²) in [5.41, 5.74) is 5.74. The number of aromatic nitrogens is 1. The highest BCUT2D eigenvalue weighted by atomic mass is 35.5. The van der Waals surface area contributed by atoms with Gasteiger partial charge in [-0.25, -0.2) is 0 Å². The fourth-order valence-corrected chi connectivity index (χ4v) is 5.40. The minimum absolute atomic E-state index is 0.0300. The minimum Gasteiger partial charge on any atom is -0.491 e. The van der Waals surface area contributed by atoms with Crippen LogP contribution in [0.25, 0.3) is 16.5 Å². The smallest absolute Gasteiger partial charge is 0.305 e. The lowest BCUT2D eigenvalue weighted by atomic mass is 9.98. The summed E-state index contributed by atoms with van der Waals surface area (Å²) in [4.78, 5) is 24.7. The highest BCUT2D eigenvalue weighted by Crippen LogP contribution is 2.32. The van der Waals surface area contributed by atoms with Crippen LogP contribution in [0.15, 0.2) is 115 Å². The number of fused-ring (bicyclic) bond motifs is 1. The topological polar surface area (TPSA) is 69.6 Å². The van der Waals surface area contributed by atoms with Gasteiger partial charge in [0.25, 0.3) is 0 Å². The molecule has 5 rings (SSSR count). The van der Waals surface area contributed by atoms with Crippen LogP contribution in [0.2, 0.25) is 5.02 Å². The molecule has 0 unspecified atom stereocenters. The van der Waals surface area contributed by atoms with Crippen molar-refractivity contribution in [1.82, 2.24) is 4.57 Å². The summed E-state index contributed by atoms with van der Waals surface area (Å²) in [6, 6.07) is 34.4. The van der Waals surface area contributed by atoms with Crippen molar-refractivity contribution in [3.63, 3.8) is 0 Å². The van der Waals surface area contributed by atoms with E-state index in [-0.39, 0.29) is 24.3 Å². The molecule has 0 saturated carbocycles. The highest BCUT2D eigenvalue weighted by molar-refractivity contribution is 6.31. The molecule has 0 saturated heterocycles. The number of nitrogens with zero attached hydrogens (tertiary/aromatic N) is 1. The summed E-state index contributed by atoms with van der Waals surface area (Å²) in [5.74, 6) is -0.0814. The van der Waals surface area contributed by atoms with Gasteiger partial charge in [0.1, 0.15) is 5.75 Å². The molecule has 1 N–H and O–H groups in total. The third kappa shape index (κ3) is 7.57. The molecule has 4 aromatic carbocycles. The van der Waals surface area contributed by atoms with Crippen LogP contribution in [-0.2, 0) is 14.3 Å². The summed E-state index contributed by atoms with van der Waals surface area (Å²) in [7, 11) is 0. The first-order chi connectivity index (χ1) is 21.4. The number of halogens is 1. The van der Waals surface area contributed by atoms with E-state index in [0.717, 1.165) is 22.0 Å². The first kappa shape index (κ1) is 30.6. The Morgan fingerprint density at radius 3 is 2.30 bits per heavy atom. The molecule has 0 aliphatic heterocycles. The minimum atomic E-state index is -0.299. The van der Waals surface area contributed by atoms with Crippen molar-refractivity contribution >= 4 is 45.6 Å². The molecule has 0 aliphatic carbocycles. The second-order valence-corrected chi connectivity index (χ2v) is 10.9. The molecule has 1 heterocycles. The Morgan fingerprint density at radius 2 is 1.61 bits per heavy atom. The summed E-state index contributed by atoms with van der Waals surface area (Å²) < 4.78 is 13.1. The second kappa shape index (κ2) is 14.6. The van der Waals surface area contributed by atoms with Crippen molar-refractivity contribution in [2.45, 2.75) is 32.7 Å². The van der Waals surface area contributed by atoms with E-state index in [1.54, 1.807) is 31.2 Å². The molecule has 5 aromatic rings. The van der Waals surface area contributed by atoms with Gasteiger partial charge < -0.3 is 19.4 Å². The summed E-state index contributed by atoms with van der Waals surface area (Å²) in [6.07, 6.45) is 4.45. The molecule has 0 radical (unpaired) electrons. The zero-order chi connectivity index (χ0) is 30.9. The van der Waals surface area contributed by atoms with Gasteiger partial charge in [-0.2, -0.15) is 0 Å². The van der Waals surface area contributed by atoms with Crippen molar-refractivity contribution in [2.24, 2.45) is 0 Å². The van der Waals surface area contributed by atoms with E-state index in [1.807, 2.05) is 25.1 Å². The molecule has 0 fully saturated rings. The maximum Gasteiger partial charge on any atom is 0.305 e. The zero-order valence-electron chi connectivity index (χ0n) is 24.8. The summed E-state index contributed by atoms with van der Waals surface area (Å²) in [6.45, 7) is 4.34. The van der Waals surface area contributed by atoms with Crippen LogP contribution < -0.4 is 10.1 Å². The molecule has 6 nitrogen and oxygen atoms in total. The van der Waals surface area contributed by atoms with Crippen molar-refractivity contribution < 1.29 is 19.1 Å². The number of anilines is 1. The lowest BCUT2D eigenvalue weighted by Gasteiger charge is -2.21. The van der Waals surface area contributed by atoms with E-state index in [0.29, 0.717) is 36.1 Å². The van der Waals surface area contributed by atoms with Crippen LogP contribution >= 0.6 is 11.6 Å². The number of carbonyl (C=O) groups is 2. The third-order valence-electron chi connectivity index (χ3n) is 7.32. The van der Waals surface area contributed by atoms with Crippen LogP contribution in [0.4, 0.5) is 5.69 Å². The van der Waals surface area contributed by atoms with E-state index in [4.69, 9.17) is 21.1 Å². The first-order valence-electron chi connectivity index (χ1n) is 14.7. The Labute approximate surface area is 262 Å². The quantitative estimate of drug-likeness (QED) is 0.0876. The number of hydrogen-bond acceptors (Lipinski definition) is 4. The average Bonchev–Trinajstić information content (AvgIpc) is 3.44. The SMILES string of the molecule is CCOC(=O)CCCOc1ccc(Cl)cc1NC(=O)/C=C(\C)c1ccc2c(ccn2C(c2ccccc2)c2ccccc2)c1. The van der Waals surface area contributed by atoms with E-state index in [9.17, 15) is 9.59 Å². The van der Waals surface area contributed by atoms with Gasteiger partial charge in [0.2, 0.25) is 5.91 Å². The van der Waals surface area contributed by atoms with Gasteiger partial charge in [-0.3, -0.25) is 9.59 Å². The van der Waals surface area contributed by atoms with Gasteiger partial charge in [0.05, 0.1) is 24.9 Å². The van der Waals surface area contributed by atoms with Crippen LogP contribution in [0.3, 0.4) is 0 Å². The Morgan fingerprint density at radius 1 is 0.909 bits per heavy atom. The molecular weight excluding hydrogens is 572 g/mol. The largest absolute Gasteiger partial charge is 0.491 e. The number of hydrogen-bond donors (Lipinski definition) is 1. The summed E-state index contributed by atoms with van der Waals surface area (Å²) >= 11 is 6.21. The fraction of sp³-hybridized carbons (Fsp3) is 0.189. The Bertz CT molecular complexity index is 1720. The van der Waals surface area contributed by atoms with Crippen molar-refractivity contribution in [1.29, 1.82) is 0 Å². The van der Waals surface area contributed by atoms with Crippen LogP contribution in [0, 0.1) is 0 Å². The number of ether oxygens (including phenoxy) is 2. The molecule has 0 bridgehead atoms. The monoisotopic (exact) mass is 606 g/mol. The number of nitrogens with one attached hydrogen (secondary N) is 1. The fourth-order valence-electron chi connectivity index (χ4n) is 5.23. The van der Waals surface area contributed by atoms with Gasteiger partial charge in [0.15, 0.2) is 0 Å². The average molecular weight is 607 g/mol. The predicted octanol–water partition coefficient (Wildman–Crippen LogP) is 8.70. The normalized spacial score (nSPS) is 11.5. The molecule has 0 atom stereocenters. The molecule has 44 heavy (non-hydrogen) atoms. The molecule has 224 valence electrons. The molecule has 1 aromatic heterocycles. The van der Waals surface area contributed by atoms with Gasteiger partial charge in [-0.1, -0.05) is 78.3 Å². The third-order valence-corrected chi connectivity index (χ3v) is 7.55. The number of allylic oxidation sites excluding steroid dienone is 1. The van der Waals surface area contributed by atoms with Gasteiger partial charge >= 0.3 is 5.97 Å². The molecular formula is C37H35ClN2O4. The number of carbonyl (C=O) groups excluding carboxylic acids is 2. The number of benzene rings is 4. The molecule has 0 spiro atoms. The number of amides is 1. The Balaban J connectivity index is 1.32. The van der Waals surface area contributed by atoms with E-state index >= 15 is 0 Å². The van der Waals surface area contributed by atoms with Gasteiger partial charge in [-0.15, -0.1) is 0 Å². The van der Waals surface area contributed by atoms with Crippen molar-refractivity contribution in [2.75, 3.05) is 18.5 Å². The van der Waals surface area contributed by atoms with Crippen molar-refractivity contribution in [3.8, 4) is 5.75 Å². The first-order valence-corrected chi connectivity index (χ1v) is 15.1. The lowest BCUT2D eigenvalue weighted by molar-refractivity contribution is -0.143. The Hall–Kier alpha value is -4.81. The predicted molar refractivity (Wildman–Crippen MR) is 177 cm³/mol. The van der Waals surface area contributed by atoms with Crippen LogP contribution in [0.1, 0.15) is 49.4 Å². The maximum absolute atomic E-state index is 13.1. The Kier molecular flexibility index (Phi) is 10.2. The molecule has 7 heteroatoms. The molecule has 1 amide bonds. The summed E-state index contributed by atoms with van der Waals surface area (Å²) in [5, 5.41) is 4.45. The standard InChI is InChI=1S/C37H35ClN2O4/c1-3-43-36(42)15-10-22-44-34-19-17-31(38)25-32(34)39-35(41)23-26(2)29-16-18-33-30(24-29)20-21-40(33)37(27-11-6-4-7-12-27)28-13-8-5-9-14-28/h4-9,11-14,16-21,23-25,37H,3,10,15,22H2,1-2H3,(H,39,41)/b26-23+. The lowest BCUT2D eigenvalue weighted by Crippen LogP contribution is -2.11. The highest BCUT2D eigenvalue weighted by Gasteiger charge is 2.18. The maximum atomic E-state index is 13.1. The van der Waals surface area contributed by atoms with Crippen LogP contribution in [0.5, 0.6) is 5.75 Å². The number of esters is 1. The van der Waals surface area contributed by atoms with E-state index < -0.39 is 0 Å². The second-order valence-electron chi connectivity index (χ2n) is 10.4. The van der Waals surface area contributed by atoms with E-state index in [2.05, 4.69) is 82.8 Å². The van der Waals surface area contributed by atoms with Crippen LogP contribution in [-0.4, -0.2) is 29.7 Å². The van der Waals surface area contributed by atoms with Crippen molar-refractivity contribution in [3.05, 3.63) is 137 Å². The molecule has 0 aliphatic rings. The number of rotatable bonds is 12. The van der Waals surface area contributed by atoms with Gasteiger partial charge in [0, 0.05) is 34.6 Å².